The van der Waals surface area contributed by atoms with E-state index in [-0.39, 0.29) is 4.90 Å². The molecule has 19 heavy (non-hydrogen) atoms. The van der Waals surface area contributed by atoms with Crippen molar-refractivity contribution in [3.63, 3.8) is 0 Å². The van der Waals surface area contributed by atoms with Gasteiger partial charge in [0.05, 0.1) is 6.61 Å². The lowest BCUT2D eigenvalue weighted by molar-refractivity contribution is 0.273. The van der Waals surface area contributed by atoms with Crippen LogP contribution in [0.25, 0.3) is 0 Å². The molecular weight excluding hydrogens is 330 g/mol. The zero-order valence-corrected chi connectivity index (χ0v) is 13.0. The largest absolute Gasteiger partial charge is 0.492 e. The normalized spacial score (nSPS) is 16.7. The highest BCUT2D eigenvalue weighted by atomic mass is 79.9. The highest BCUT2D eigenvalue weighted by Gasteiger charge is 2.18. The maximum atomic E-state index is 11.5. The van der Waals surface area contributed by atoms with Gasteiger partial charge in [0.15, 0.2) is 0 Å². The highest BCUT2D eigenvalue weighted by molar-refractivity contribution is 9.10. The number of primary sulfonamides is 1. The Labute approximate surface area is 122 Å². The number of hydrogen-bond acceptors (Lipinski definition) is 3. The van der Waals surface area contributed by atoms with E-state index >= 15 is 0 Å². The second-order valence-electron chi connectivity index (χ2n) is 4.92. The zero-order chi connectivity index (χ0) is 13.9. The van der Waals surface area contributed by atoms with Crippen molar-refractivity contribution in [1.29, 1.82) is 0 Å². The van der Waals surface area contributed by atoms with Gasteiger partial charge in [-0.05, 0) is 30.5 Å². The van der Waals surface area contributed by atoms with Gasteiger partial charge in [-0.2, -0.15) is 0 Å². The second kappa shape index (κ2) is 6.24. The summed E-state index contributed by atoms with van der Waals surface area (Å²) in [5.41, 5.74) is 0. The van der Waals surface area contributed by atoms with E-state index in [4.69, 9.17) is 9.88 Å². The van der Waals surface area contributed by atoms with E-state index in [9.17, 15) is 8.42 Å². The molecule has 2 rings (SSSR count). The third-order valence-corrected chi connectivity index (χ3v) is 4.90. The van der Waals surface area contributed by atoms with Gasteiger partial charge in [-0.3, -0.25) is 0 Å². The van der Waals surface area contributed by atoms with E-state index in [0.717, 1.165) is 6.42 Å². The van der Waals surface area contributed by atoms with Crippen LogP contribution >= 0.6 is 15.9 Å². The van der Waals surface area contributed by atoms with Gasteiger partial charge in [-0.25, -0.2) is 13.6 Å². The fourth-order valence-electron chi connectivity index (χ4n) is 2.46. The van der Waals surface area contributed by atoms with E-state index in [1.165, 1.54) is 31.7 Å². The standard InChI is InChI=1S/C13H18BrNO3S/c14-11-5-6-12(13(9-11)19(15,16)17)18-8-7-10-3-1-2-4-10/h5-6,9-10H,1-4,7-8H2,(H2,15,16,17). The number of halogens is 1. The molecule has 1 aliphatic carbocycles. The Hall–Kier alpha value is -0.590. The maximum absolute atomic E-state index is 11.5. The average molecular weight is 348 g/mol. The molecule has 0 saturated heterocycles. The van der Waals surface area contributed by atoms with Gasteiger partial charge in [-0.1, -0.05) is 41.6 Å². The fourth-order valence-corrected chi connectivity index (χ4v) is 3.67. The van der Waals surface area contributed by atoms with Crippen LogP contribution in [0.1, 0.15) is 32.1 Å². The summed E-state index contributed by atoms with van der Waals surface area (Å²) in [6.07, 6.45) is 6.08. The summed E-state index contributed by atoms with van der Waals surface area (Å²) < 4.78 is 29.3. The molecule has 0 heterocycles. The van der Waals surface area contributed by atoms with Crippen molar-refractivity contribution >= 4 is 26.0 Å². The minimum Gasteiger partial charge on any atom is -0.492 e. The molecule has 6 heteroatoms. The lowest BCUT2D eigenvalue weighted by atomic mass is 10.1. The van der Waals surface area contributed by atoms with Crippen LogP contribution in [-0.4, -0.2) is 15.0 Å². The summed E-state index contributed by atoms with van der Waals surface area (Å²) in [5, 5.41) is 5.19. The Kier molecular flexibility index (Phi) is 4.86. The molecule has 0 atom stereocenters. The van der Waals surface area contributed by atoms with Gasteiger partial charge in [-0.15, -0.1) is 0 Å². The summed E-state index contributed by atoms with van der Waals surface area (Å²) in [5.74, 6) is 1.05. The highest BCUT2D eigenvalue weighted by Crippen LogP contribution is 2.29. The Morgan fingerprint density at radius 3 is 2.63 bits per heavy atom. The summed E-state index contributed by atoms with van der Waals surface area (Å²) in [6, 6.07) is 4.86. The molecule has 106 valence electrons. The van der Waals surface area contributed by atoms with Crippen molar-refractivity contribution in [2.75, 3.05) is 6.61 Å². The van der Waals surface area contributed by atoms with E-state index in [1.807, 2.05) is 0 Å². The number of rotatable bonds is 5. The molecule has 1 aromatic rings. The number of ether oxygens (including phenoxy) is 1. The van der Waals surface area contributed by atoms with Crippen molar-refractivity contribution in [3.05, 3.63) is 22.7 Å². The molecule has 2 N–H and O–H groups in total. The van der Waals surface area contributed by atoms with Gasteiger partial charge in [0.2, 0.25) is 10.0 Å². The molecular formula is C13H18BrNO3S. The summed E-state index contributed by atoms with van der Waals surface area (Å²) in [4.78, 5) is 0.0355. The predicted molar refractivity (Wildman–Crippen MR) is 77.6 cm³/mol. The van der Waals surface area contributed by atoms with Crippen LogP contribution in [0.4, 0.5) is 0 Å². The predicted octanol–water partition coefficient (Wildman–Crippen LogP) is 3.06. The Morgan fingerprint density at radius 2 is 2.00 bits per heavy atom. The number of hydrogen-bond donors (Lipinski definition) is 1. The quantitative estimate of drug-likeness (QED) is 0.889. The van der Waals surface area contributed by atoms with Crippen molar-refractivity contribution < 1.29 is 13.2 Å². The fraction of sp³-hybridized carbons (Fsp3) is 0.538. The Morgan fingerprint density at radius 1 is 1.32 bits per heavy atom. The molecule has 1 saturated carbocycles. The van der Waals surface area contributed by atoms with Crippen LogP contribution in [0.15, 0.2) is 27.6 Å². The average Bonchev–Trinajstić information content (AvgIpc) is 2.83. The van der Waals surface area contributed by atoms with Crippen LogP contribution in [0.5, 0.6) is 5.75 Å². The smallest absolute Gasteiger partial charge is 0.241 e. The van der Waals surface area contributed by atoms with Crippen molar-refractivity contribution in [2.45, 2.75) is 37.0 Å². The molecule has 0 spiro atoms. The third-order valence-electron chi connectivity index (χ3n) is 3.47. The monoisotopic (exact) mass is 347 g/mol. The number of benzene rings is 1. The molecule has 0 unspecified atom stereocenters. The molecule has 1 aliphatic rings. The van der Waals surface area contributed by atoms with Gasteiger partial charge >= 0.3 is 0 Å². The molecule has 0 bridgehead atoms. The molecule has 0 radical (unpaired) electrons. The van der Waals surface area contributed by atoms with Gasteiger partial charge in [0.25, 0.3) is 0 Å². The number of nitrogens with two attached hydrogens (primary N) is 1. The van der Waals surface area contributed by atoms with E-state index in [1.54, 1.807) is 12.1 Å². The molecule has 0 aliphatic heterocycles. The molecule has 4 nitrogen and oxygen atoms in total. The van der Waals surface area contributed by atoms with E-state index in [0.29, 0.717) is 22.7 Å². The van der Waals surface area contributed by atoms with Crippen molar-refractivity contribution in [2.24, 2.45) is 11.1 Å². The topological polar surface area (TPSA) is 69.4 Å². The Balaban J connectivity index is 2.03. The Bertz CT molecular complexity index is 539. The van der Waals surface area contributed by atoms with Gasteiger partial charge in [0.1, 0.15) is 10.6 Å². The van der Waals surface area contributed by atoms with Gasteiger partial charge < -0.3 is 4.74 Å². The molecule has 0 aromatic heterocycles. The first-order valence-corrected chi connectivity index (χ1v) is 8.76. The van der Waals surface area contributed by atoms with Crippen LogP contribution in [0.2, 0.25) is 0 Å². The third kappa shape index (κ3) is 4.19. The minimum absolute atomic E-state index is 0.0355. The lowest BCUT2D eigenvalue weighted by Crippen LogP contribution is -2.14. The minimum atomic E-state index is -3.76. The van der Waals surface area contributed by atoms with Crippen LogP contribution in [-0.2, 0) is 10.0 Å². The lowest BCUT2D eigenvalue weighted by Gasteiger charge is -2.13. The van der Waals surface area contributed by atoms with E-state index in [2.05, 4.69) is 15.9 Å². The van der Waals surface area contributed by atoms with Crippen LogP contribution in [0, 0.1) is 5.92 Å². The summed E-state index contributed by atoms with van der Waals surface area (Å²) in [7, 11) is -3.76. The van der Waals surface area contributed by atoms with Crippen molar-refractivity contribution in [1.82, 2.24) is 0 Å². The molecule has 0 amide bonds. The van der Waals surface area contributed by atoms with Gasteiger partial charge in [0, 0.05) is 4.47 Å². The first-order valence-electron chi connectivity index (χ1n) is 6.42. The summed E-state index contributed by atoms with van der Waals surface area (Å²) >= 11 is 3.24. The first kappa shape index (κ1) is 14.8. The van der Waals surface area contributed by atoms with Crippen LogP contribution in [0.3, 0.4) is 0 Å². The van der Waals surface area contributed by atoms with E-state index < -0.39 is 10.0 Å². The second-order valence-corrected chi connectivity index (χ2v) is 7.37. The summed E-state index contributed by atoms with van der Waals surface area (Å²) in [6.45, 7) is 0.537. The van der Waals surface area contributed by atoms with Crippen molar-refractivity contribution in [3.8, 4) is 5.75 Å². The molecule has 1 fully saturated rings. The SMILES string of the molecule is NS(=O)(=O)c1cc(Br)ccc1OCCC1CCCC1. The maximum Gasteiger partial charge on any atom is 0.241 e. The zero-order valence-electron chi connectivity index (χ0n) is 10.6. The molecule has 1 aromatic carbocycles. The first-order chi connectivity index (χ1) is 8.97. The number of sulfonamides is 1. The van der Waals surface area contributed by atoms with Crippen LogP contribution < -0.4 is 9.88 Å².